The number of rotatable bonds is 5. The first-order chi connectivity index (χ1) is 10.3. The maximum Gasteiger partial charge on any atom is 0.0746 e. The number of nitrogens with zero attached hydrogens (tertiary/aromatic N) is 2. The third-order valence-electron chi connectivity index (χ3n) is 4.00. The number of benzene rings is 1. The van der Waals surface area contributed by atoms with E-state index in [4.69, 9.17) is 9.72 Å². The van der Waals surface area contributed by atoms with E-state index >= 15 is 0 Å². The van der Waals surface area contributed by atoms with Crippen LogP contribution in [0, 0.1) is 6.92 Å². The topological polar surface area (TPSA) is 37.4 Å². The van der Waals surface area contributed by atoms with Crippen LogP contribution < -0.4 is 10.2 Å². The van der Waals surface area contributed by atoms with Crippen LogP contribution in [0.1, 0.15) is 18.5 Å². The van der Waals surface area contributed by atoms with Gasteiger partial charge in [-0.3, -0.25) is 4.98 Å². The molecule has 1 aromatic carbocycles. The van der Waals surface area contributed by atoms with Crippen molar-refractivity contribution in [1.29, 1.82) is 0 Å². The Morgan fingerprint density at radius 2 is 2.05 bits per heavy atom. The fourth-order valence-corrected chi connectivity index (χ4v) is 2.97. The normalized spacial score (nSPS) is 14.9. The van der Waals surface area contributed by atoms with Crippen LogP contribution in [0.4, 0.5) is 11.4 Å². The fourth-order valence-electron chi connectivity index (χ4n) is 2.97. The molecule has 1 fully saturated rings. The highest BCUT2D eigenvalue weighted by molar-refractivity contribution is 5.94. The van der Waals surface area contributed by atoms with Gasteiger partial charge in [-0.25, -0.2) is 0 Å². The molecule has 0 radical (unpaired) electrons. The minimum Gasteiger partial charge on any atom is -0.383 e. The van der Waals surface area contributed by atoms with Gasteiger partial charge in [0.25, 0.3) is 0 Å². The molecule has 1 saturated heterocycles. The number of ether oxygens (including phenoxy) is 1. The van der Waals surface area contributed by atoms with Gasteiger partial charge in [0.15, 0.2) is 0 Å². The number of aromatic nitrogens is 1. The van der Waals surface area contributed by atoms with Crippen LogP contribution in [0.15, 0.2) is 24.3 Å². The number of aryl methyl sites for hydroxylation is 1. The van der Waals surface area contributed by atoms with Crippen molar-refractivity contribution in [2.24, 2.45) is 0 Å². The molecule has 0 amide bonds. The predicted molar refractivity (Wildman–Crippen MR) is 88.3 cm³/mol. The van der Waals surface area contributed by atoms with E-state index in [9.17, 15) is 0 Å². The minimum absolute atomic E-state index is 0.707. The van der Waals surface area contributed by atoms with Crippen LogP contribution in [-0.4, -0.2) is 38.3 Å². The van der Waals surface area contributed by atoms with Gasteiger partial charge in [0.2, 0.25) is 0 Å². The molecule has 4 nitrogen and oxygen atoms in total. The monoisotopic (exact) mass is 285 g/mol. The summed E-state index contributed by atoms with van der Waals surface area (Å²) in [5, 5.41) is 4.62. The summed E-state index contributed by atoms with van der Waals surface area (Å²) in [5.41, 5.74) is 4.58. The number of hydrogen-bond donors (Lipinski definition) is 1. The van der Waals surface area contributed by atoms with Crippen LogP contribution in [0.2, 0.25) is 0 Å². The third-order valence-corrected chi connectivity index (χ3v) is 4.00. The Labute approximate surface area is 126 Å². The standard InChI is InChI=1S/C17H23N3O/c1-13-11-17(20-8-3-4-9-20)15-6-5-14(12-16(15)19-13)18-7-10-21-2/h5-6,11-12,18H,3-4,7-10H2,1-2H3. The Kier molecular flexibility index (Phi) is 4.25. The summed E-state index contributed by atoms with van der Waals surface area (Å²) in [5.74, 6) is 0. The van der Waals surface area contributed by atoms with Crippen LogP contribution in [-0.2, 0) is 4.74 Å². The highest BCUT2D eigenvalue weighted by Crippen LogP contribution is 2.30. The van der Waals surface area contributed by atoms with E-state index in [2.05, 4.69) is 41.4 Å². The van der Waals surface area contributed by atoms with Gasteiger partial charge < -0.3 is 15.0 Å². The van der Waals surface area contributed by atoms with E-state index in [1.807, 2.05) is 0 Å². The number of methoxy groups -OCH3 is 1. The quantitative estimate of drug-likeness (QED) is 0.856. The van der Waals surface area contributed by atoms with Crippen molar-refractivity contribution in [1.82, 2.24) is 4.98 Å². The van der Waals surface area contributed by atoms with Gasteiger partial charge in [-0.1, -0.05) is 0 Å². The highest BCUT2D eigenvalue weighted by Gasteiger charge is 2.16. The molecule has 1 aliphatic rings. The lowest BCUT2D eigenvalue weighted by molar-refractivity contribution is 0.211. The number of fused-ring (bicyclic) bond motifs is 1. The molecule has 2 aromatic rings. The summed E-state index contributed by atoms with van der Waals surface area (Å²) in [6.45, 7) is 5.91. The summed E-state index contributed by atoms with van der Waals surface area (Å²) in [6.07, 6.45) is 2.58. The second kappa shape index (κ2) is 6.31. The first-order valence-corrected chi connectivity index (χ1v) is 7.67. The van der Waals surface area contributed by atoms with Gasteiger partial charge in [-0.2, -0.15) is 0 Å². The van der Waals surface area contributed by atoms with Crippen LogP contribution in [0.5, 0.6) is 0 Å². The SMILES string of the molecule is COCCNc1ccc2c(N3CCCC3)cc(C)nc2c1. The molecule has 0 spiro atoms. The van der Waals surface area contributed by atoms with Crippen molar-refractivity contribution in [2.45, 2.75) is 19.8 Å². The Morgan fingerprint density at radius 1 is 1.24 bits per heavy atom. The molecule has 0 saturated carbocycles. The number of pyridine rings is 1. The minimum atomic E-state index is 0.707. The maximum absolute atomic E-state index is 5.07. The number of anilines is 2. The zero-order chi connectivity index (χ0) is 14.7. The van der Waals surface area contributed by atoms with Gasteiger partial charge in [0.05, 0.1) is 12.1 Å². The van der Waals surface area contributed by atoms with Crippen LogP contribution >= 0.6 is 0 Å². The van der Waals surface area contributed by atoms with E-state index < -0.39 is 0 Å². The zero-order valence-electron chi connectivity index (χ0n) is 12.9. The molecule has 1 aliphatic heterocycles. The molecule has 112 valence electrons. The molecule has 0 aliphatic carbocycles. The smallest absolute Gasteiger partial charge is 0.0746 e. The molecule has 1 aromatic heterocycles. The average molecular weight is 285 g/mol. The zero-order valence-corrected chi connectivity index (χ0v) is 12.9. The highest BCUT2D eigenvalue weighted by atomic mass is 16.5. The van der Waals surface area contributed by atoms with Crippen molar-refractivity contribution in [3.8, 4) is 0 Å². The lowest BCUT2D eigenvalue weighted by Gasteiger charge is -2.20. The predicted octanol–water partition coefficient (Wildman–Crippen LogP) is 3.20. The Balaban J connectivity index is 1.93. The summed E-state index contributed by atoms with van der Waals surface area (Å²) in [7, 11) is 1.72. The van der Waals surface area contributed by atoms with E-state index in [1.165, 1.54) is 23.9 Å². The van der Waals surface area contributed by atoms with Gasteiger partial charge >= 0.3 is 0 Å². The summed E-state index contributed by atoms with van der Waals surface area (Å²) >= 11 is 0. The van der Waals surface area contributed by atoms with Crippen LogP contribution in [0.25, 0.3) is 10.9 Å². The first-order valence-electron chi connectivity index (χ1n) is 7.67. The maximum atomic E-state index is 5.07. The molecular formula is C17H23N3O. The molecule has 0 atom stereocenters. The molecule has 3 rings (SSSR count). The molecular weight excluding hydrogens is 262 g/mol. The van der Waals surface area contributed by atoms with Crippen molar-refractivity contribution in [2.75, 3.05) is 43.6 Å². The molecule has 0 unspecified atom stereocenters. The van der Waals surface area contributed by atoms with Crippen molar-refractivity contribution in [3.63, 3.8) is 0 Å². The van der Waals surface area contributed by atoms with Gasteiger partial charge in [0.1, 0.15) is 0 Å². The molecule has 1 N–H and O–H groups in total. The van der Waals surface area contributed by atoms with E-state index in [1.54, 1.807) is 7.11 Å². The van der Waals surface area contributed by atoms with Gasteiger partial charge in [0, 0.05) is 49.2 Å². The first kappa shape index (κ1) is 14.1. The lowest BCUT2D eigenvalue weighted by atomic mass is 10.1. The van der Waals surface area contributed by atoms with Crippen molar-refractivity contribution < 1.29 is 4.74 Å². The molecule has 4 heteroatoms. The Hall–Kier alpha value is -1.81. The van der Waals surface area contributed by atoms with Gasteiger partial charge in [-0.15, -0.1) is 0 Å². The second-order valence-corrected chi connectivity index (χ2v) is 5.63. The van der Waals surface area contributed by atoms with Crippen molar-refractivity contribution in [3.05, 3.63) is 30.0 Å². The second-order valence-electron chi connectivity index (χ2n) is 5.63. The van der Waals surface area contributed by atoms with Gasteiger partial charge in [-0.05, 0) is 44.0 Å². The van der Waals surface area contributed by atoms with Crippen molar-refractivity contribution >= 4 is 22.3 Å². The van der Waals surface area contributed by atoms with E-state index in [0.29, 0.717) is 6.61 Å². The summed E-state index contributed by atoms with van der Waals surface area (Å²) in [6, 6.07) is 8.67. The fraction of sp³-hybridized carbons (Fsp3) is 0.471. The average Bonchev–Trinajstić information content (AvgIpc) is 3.00. The molecule has 2 heterocycles. The van der Waals surface area contributed by atoms with E-state index in [-0.39, 0.29) is 0 Å². The molecule has 21 heavy (non-hydrogen) atoms. The largest absolute Gasteiger partial charge is 0.383 e. The number of nitrogens with one attached hydrogen (secondary N) is 1. The summed E-state index contributed by atoms with van der Waals surface area (Å²) in [4.78, 5) is 7.18. The Morgan fingerprint density at radius 3 is 2.81 bits per heavy atom. The Bertz CT molecular complexity index is 621. The number of hydrogen-bond acceptors (Lipinski definition) is 4. The molecule has 0 bridgehead atoms. The lowest BCUT2D eigenvalue weighted by Crippen LogP contribution is -2.18. The van der Waals surface area contributed by atoms with E-state index in [0.717, 1.165) is 36.5 Å². The summed E-state index contributed by atoms with van der Waals surface area (Å²) < 4.78 is 5.07. The van der Waals surface area contributed by atoms with Crippen LogP contribution in [0.3, 0.4) is 0 Å². The third kappa shape index (κ3) is 3.10.